The summed E-state index contributed by atoms with van der Waals surface area (Å²) in [6.45, 7) is 7.01. The van der Waals surface area contributed by atoms with Gasteiger partial charge in [0.05, 0.1) is 0 Å². The van der Waals surface area contributed by atoms with Crippen LogP contribution in [0.25, 0.3) is 0 Å². The van der Waals surface area contributed by atoms with Crippen molar-refractivity contribution in [3.05, 3.63) is 59.2 Å². The van der Waals surface area contributed by atoms with Crippen molar-refractivity contribution in [1.29, 1.82) is 0 Å². The molecule has 0 aliphatic carbocycles. The molecular formula is C22H28N2O4. The minimum Gasteiger partial charge on any atom is -0.504 e. The Bertz CT molecular complexity index is 823. The van der Waals surface area contributed by atoms with Crippen LogP contribution >= 0.6 is 0 Å². The molecule has 6 nitrogen and oxygen atoms in total. The third kappa shape index (κ3) is 6.30. The Labute approximate surface area is 165 Å². The van der Waals surface area contributed by atoms with E-state index in [1.165, 1.54) is 12.1 Å². The van der Waals surface area contributed by atoms with Gasteiger partial charge in [0.25, 0.3) is 5.91 Å². The quantitative estimate of drug-likeness (QED) is 0.552. The SMILES string of the molecule is CC(C)(C)c1ccc(C(=O)NCCC(=O)NCCc2ccc(O)c(O)c2)cc1. The molecule has 0 aromatic heterocycles. The smallest absolute Gasteiger partial charge is 0.251 e. The maximum absolute atomic E-state index is 12.2. The summed E-state index contributed by atoms with van der Waals surface area (Å²) in [5.74, 6) is -0.710. The van der Waals surface area contributed by atoms with E-state index in [1.807, 2.05) is 12.1 Å². The van der Waals surface area contributed by atoms with Gasteiger partial charge in [0.2, 0.25) is 5.91 Å². The Morgan fingerprint density at radius 2 is 1.57 bits per heavy atom. The molecular weight excluding hydrogens is 356 g/mol. The second-order valence-electron chi connectivity index (χ2n) is 7.76. The van der Waals surface area contributed by atoms with Gasteiger partial charge in [0, 0.05) is 25.1 Å². The third-order valence-corrected chi connectivity index (χ3v) is 4.43. The van der Waals surface area contributed by atoms with Crippen LogP contribution in [-0.4, -0.2) is 35.1 Å². The average Bonchev–Trinajstić information content (AvgIpc) is 2.64. The number of aromatic hydroxyl groups is 2. The van der Waals surface area contributed by atoms with Gasteiger partial charge in [0.1, 0.15) is 0 Å². The van der Waals surface area contributed by atoms with Crippen molar-refractivity contribution in [3.63, 3.8) is 0 Å². The minimum atomic E-state index is -0.201. The Morgan fingerprint density at radius 3 is 2.18 bits per heavy atom. The molecule has 0 aliphatic rings. The normalized spacial score (nSPS) is 11.1. The maximum Gasteiger partial charge on any atom is 0.251 e. The summed E-state index contributed by atoms with van der Waals surface area (Å²) in [6, 6.07) is 12.0. The highest BCUT2D eigenvalue weighted by atomic mass is 16.3. The number of carbonyl (C=O) groups is 2. The average molecular weight is 384 g/mol. The number of hydrogen-bond donors (Lipinski definition) is 4. The molecule has 6 heteroatoms. The standard InChI is InChI=1S/C22H28N2O4/c1-22(2,3)17-7-5-16(6-8-17)21(28)24-13-11-20(27)23-12-10-15-4-9-18(25)19(26)14-15/h4-9,14,25-26H,10-13H2,1-3H3,(H,23,27)(H,24,28). The first-order valence-corrected chi connectivity index (χ1v) is 9.33. The van der Waals surface area contributed by atoms with Crippen LogP contribution in [0.2, 0.25) is 0 Å². The lowest BCUT2D eigenvalue weighted by Gasteiger charge is -2.19. The molecule has 0 saturated carbocycles. The summed E-state index contributed by atoms with van der Waals surface area (Å²) in [4.78, 5) is 24.0. The first kappa shape index (κ1) is 21.3. The van der Waals surface area contributed by atoms with Crippen molar-refractivity contribution in [2.75, 3.05) is 13.1 Å². The van der Waals surface area contributed by atoms with Crippen molar-refractivity contribution in [3.8, 4) is 11.5 Å². The molecule has 28 heavy (non-hydrogen) atoms. The Hall–Kier alpha value is -3.02. The number of amides is 2. The zero-order valence-corrected chi connectivity index (χ0v) is 16.6. The molecule has 150 valence electrons. The fourth-order valence-corrected chi connectivity index (χ4v) is 2.67. The monoisotopic (exact) mass is 384 g/mol. The molecule has 4 N–H and O–H groups in total. The number of phenolic OH excluding ortho intramolecular Hbond substituents is 2. The number of rotatable bonds is 7. The van der Waals surface area contributed by atoms with Gasteiger partial charge < -0.3 is 20.8 Å². The highest BCUT2D eigenvalue weighted by Gasteiger charge is 2.14. The van der Waals surface area contributed by atoms with Crippen LogP contribution in [0.3, 0.4) is 0 Å². The summed E-state index contributed by atoms with van der Waals surface area (Å²) in [5.41, 5.74) is 2.57. The maximum atomic E-state index is 12.2. The van der Waals surface area contributed by atoms with Crippen molar-refractivity contribution in [2.24, 2.45) is 0 Å². The van der Waals surface area contributed by atoms with Crippen molar-refractivity contribution >= 4 is 11.8 Å². The van der Waals surface area contributed by atoms with Gasteiger partial charge >= 0.3 is 0 Å². The number of nitrogens with one attached hydrogen (secondary N) is 2. The summed E-state index contributed by atoms with van der Waals surface area (Å²) >= 11 is 0. The van der Waals surface area contributed by atoms with Crippen LogP contribution in [0.1, 0.15) is 48.7 Å². The highest BCUT2D eigenvalue weighted by Crippen LogP contribution is 2.25. The zero-order chi connectivity index (χ0) is 20.7. The number of hydrogen-bond acceptors (Lipinski definition) is 4. The molecule has 0 saturated heterocycles. The van der Waals surface area contributed by atoms with Crippen molar-refractivity contribution in [1.82, 2.24) is 10.6 Å². The molecule has 2 rings (SSSR count). The molecule has 0 bridgehead atoms. The van der Waals surface area contributed by atoms with E-state index in [0.29, 0.717) is 18.5 Å². The molecule has 0 unspecified atom stereocenters. The molecule has 0 spiro atoms. The second kappa shape index (κ2) is 9.26. The van der Waals surface area contributed by atoms with Gasteiger partial charge in [-0.2, -0.15) is 0 Å². The zero-order valence-electron chi connectivity index (χ0n) is 16.6. The van der Waals surface area contributed by atoms with Gasteiger partial charge in [-0.1, -0.05) is 39.0 Å². The van der Waals surface area contributed by atoms with E-state index in [-0.39, 0.29) is 41.7 Å². The summed E-state index contributed by atoms with van der Waals surface area (Å²) < 4.78 is 0. The van der Waals surface area contributed by atoms with E-state index < -0.39 is 0 Å². The Kier molecular flexibility index (Phi) is 7.04. The Morgan fingerprint density at radius 1 is 0.893 bits per heavy atom. The van der Waals surface area contributed by atoms with Gasteiger partial charge in [-0.3, -0.25) is 9.59 Å². The first-order valence-electron chi connectivity index (χ1n) is 9.33. The molecule has 2 amide bonds. The highest BCUT2D eigenvalue weighted by molar-refractivity contribution is 5.94. The van der Waals surface area contributed by atoms with Crippen LogP contribution < -0.4 is 10.6 Å². The van der Waals surface area contributed by atoms with Gasteiger partial charge in [0.15, 0.2) is 11.5 Å². The third-order valence-electron chi connectivity index (χ3n) is 4.43. The molecule has 2 aromatic carbocycles. The second-order valence-corrected chi connectivity index (χ2v) is 7.76. The summed E-state index contributed by atoms with van der Waals surface area (Å²) in [7, 11) is 0. The first-order chi connectivity index (χ1) is 13.2. The number of benzene rings is 2. The van der Waals surface area contributed by atoms with Gasteiger partial charge in [-0.25, -0.2) is 0 Å². The lowest BCUT2D eigenvalue weighted by atomic mass is 9.87. The van der Waals surface area contributed by atoms with Crippen LogP contribution in [-0.2, 0) is 16.6 Å². The van der Waals surface area contributed by atoms with Gasteiger partial charge in [-0.15, -0.1) is 0 Å². The van der Waals surface area contributed by atoms with Crippen LogP contribution in [0, 0.1) is 0 Å². The fraction of sp³-hybridized carbons (Fsp3) is 0.364. The fourth-order valence-electron chi connectivity index (χ4n) is 2.67. The molecule has 2 aromatic rings. The molecule has 0 radical (unpaired) electrons. The van der Waals surface area contributed by atoms with E-state index in [2.05, 4.69) is 31.4 Å². The summed E-state index contributed by atoms with van der Waals surface area (Å²) in [5, 5.41) is 24.2. The number of carbonyl (C=O) groups excluding carboxylic acids is 2. The lowest BCUT2D eigenvalue weighted by molar-refractivity contribution is -0.120. The van der Waals surface area contributed by atoms with Gasteiger partial charge in [-0.05, 0) is 47.2 Å². The Balaban J connectivity index is 1.70. The van der Waals surface area contributed by atoms with E-state index in [4.69, 9.17) is 0 Å². The molecule has 0 aliphatic heterocycles. The molecule has 0 fully saturated rings. The molecule has 0 heterocycles. The summed E-state index contributed by atoms with van der Waals surface area (Å²) in [6.07, 6.45) is 0.721. The number of phenols is 2. The molecule has 0 atom stereocenters. The van der Waals surface area contributed by atoms with E-state index in [0.717, 1.165) is 11.1 Å². The lowest BCUT2D eigenvalue weighted by Crippen LogP contribution is -2.31. The van der Waals surface area contributed by atoms with Crippen molar-refractivity contribution in [2.45, 2.75) is 39.0 Å². The van der Waals surface area contributed by atoms with E-state index in [9.17, 15) is 19.8 Å². The predicted molar refractivity (Wildman–Crippen MR) is 109 cm³/mol. The van der Waals surface area contributed by atoms with Crippen LogP contribution in [0.4, 0.5) is 0 Å². The van der Waals surface area contributed by atoms with E-state index in [1.54, 1.807) is 18.2 Å². The van der Waals surface area contributed by atoms with Crippen LogP contribution in [0.15, 0.2) is 42.5 Å². The van der Waals surface area contributed by atoms with E-state index >= 15 is 0 Å². The largest absolute Gasteiger partial charge is 0.504 e. The minimum absolute atomic E-state index is 0.0337. The topological polar surface area (TPSA) is 98.7 Å². The van der Waals surface area contributed by atoms with Crippen LogP contribution in [0.5, 0.6) is 11.5 Å². The predicted octanol–water partition coefficient (Wildman–Crippen LogP) is 2.87. The van der Waals surface area contributed by atoms with Crippen molar-refractivity contribution < 1.29 is 19.8 Å².